The predicted molar refractivity (Wildman–Crippen MR) is 138 cm³/mol. The molecule has 0 bridgehead atoms. The quantitative estimate of drug-likeness (QED) is 0.314. The highest BCUT2D eigenvalue weighted by atomic mass is 32.1. The summed E-state index contributed by atoms with van der Waals surface area (Å²) in [5.41, 5.74) is 4.71. The Morgan fingerprint density at radius 1 is 0.719 bits per heavy atom. The fraction of sp³-hybridized carbons (Fsp3) is 0.214. The molecule has 4 heteroatoms. The summed E-state index contributed by atoms with van der Waals surface area (Å²) in [6.07, 6.45) is 0. The molecule has 0 aliphatic heterocycles. The van der Waals surface area contributed by atoms with Gasteiger partial charge in [0.2, 0.25) is 0 Å². The minimum atomic E-state index is -0.942. The van der Waals surface area contributed by atoms with Crippen molar-refractivity contribution >= 4 is 55.2 Å². The molecule has 157 valence electrons. The summed E-state index contributed by atoms with van der Waals surface area (Å²) in [7, 11) is 1.77. The monoisotopic (exact) mass is 435 g/mol. The molecule has 1 aliphatic carbocycles. The third-order valence-electron chi connectivity index (χ3n) is 7.09. The second kappa shape index (κ2) is 6.68. The van der Waals surface area contributed by atoms with Gasteiger partial charge in [0.15, 0.2) is 0 Å². The number of fused-ring (bicyclic) bond motifs is 7. The molecule has 6 rings (SSSR count). The van der Waals surface area contributed by atoms with Crippen molar-refractivity contribution in [3.63, 3.8) is 0 Å². The average molecular weight is 435 g/mol. The topological polar surface area (TPSA) is 29.5 Å². The first-order chi connectivity index (χ1) is 15.2. The van der Waals surface area contributed by atoms with Crippen molar-refractivity contribution in [1.29, 1.82) is 0 Å². The molecule has 0 saturated carbocycles. The Kier molecular flexibility index (Phi) is 4.17. The molecule has 0 fully saturated rings. The van der Waals surface area contributed by atoms with Gasteiger partial charge in [-0.3, -0.25) is 0 Å². The highest BCUT2D eigenvalue weighted by molar-refractivity contribution is 7.26. The van der Waals surface area contributed by atoms with Crippen molar-refractivity contribution in [1.82, 2.24) is 0 Å². The summed E-state index contributed by atoms with van der Waals surface area (Å²) < 4.78 is 8.54. The summed E-state index contributed by atoms with van der Waals surface area (Å²) in [4.78, 5) is 0. The molecule has 1 N–H and O–H groups in total. The minimum absolute atomic E-state index is 0.686. The first-order valence-electron chi connectivity index (χ1n) is 11.0. The van der Waals surface area contributed by atoms with E-state index >= 15 is 0 Å². The van der Waals surface area contributed by atoms with E-state index in [1.165, 1.54) is 53.2 Å². The van der Waals surface area contributed by atoms with E-state index in [2.05, 4.69) is 66.7 Å². The van der Waals surface area contributed by atoms with E-state index in [1.807, 2.05) is 25.2 Å². The van der Waals surface area contributed by atoms with Gasteiger partial charge >= 0.3 is 7.48 Å². The van der Waals surface area contributed by atoms with E-state index in [4.69, 9.17) is 4.65 Å². The van der Waals surface area contributed by atoms with Crippen LogP contribution < -0.4 is 5.46 Å². The fourth-order valence-electron chi connectivity index (χ4n) is 4.59. The van der Waals surface area contributed by atoms with E-state index < -0.39 is 11.2 Å². The van der Waals surface area contributed by atoms with Crippen LogP contribution in [0.25, 0.3) is 53.2 Å². The standard InChI is InChI=1S/C28H24BO2S/c1-27(2,30)28(3,4)31-29-16-12-13-20-23(14-16)32-24-15-22-18-9-6-5-8-17(18)19-10-7-11-21(25(19)22)26(20)24/h5-15,30H,1-4H3. The molecule has 0 unspecified atom stereocenters. The van der Waals surface area contributed by atoms with Crippen molar-refractivity contribution in [3.05, 3.63) is 66.7 Å². The Hall–Kier alpha value is -2.66. The van der Waals surface area contributed by atoms with Gasteiger partial charge in [-0.15, -0.1) is 11.3 Å². The zero-order chi connectivity index (χ0) is 22.3. The Balaban J connectivity index is 1.50. The first kappa shape index (κ1) is 20.0. The lowest BCUT2D eigenvalue weighted by Gasteiger charge is -2.37. The van der Waals surface area contributed by atoms with Gasteiger partial charge in [-0.1, -0.05) is 60.1 Å². The summed E-state index contributed by atoms with van der Waals surface area (Å²) in [5.74, 6) is 0. The maximum atomic E-state index is 10.4. The van der Waals surface area contributed by atoms with Gasteiger partial charge in [0.05, 0.1) is 11.2 Å². The number of hydrogen-bond donors (Lipinski definition) is 1. The van der Waals surface area contributed by atoms with Crippen molar-refractivity contribution in [3.8, 4) is 22.3 Å². The zero-order valence-electron chi connectivity index (χ0n) is 18.7. The van der Waals surface area contributed by atoms with Crippen LogP contribution in [0.5, 0.6) is 0 Å². The molecule has 1 heterocycles. The predicted octanol–water partition coefficient (Wildman–Crippen LogP) is 6.67. The van der Waals surface area contributed by atoms with Gasteiger partial charge in [0, 0.05) is 20.2 Å². The summed E-state index contributed by atoms with van der Waals surface area (Å²) in [6.45, 7) is 7.36. The highest BCUT2D eigenvalue weighted by Gasteiger charge is 2.35. The molecule has 0 atom stereocenters. The lowest BCUT2D eigenvalue weighted by atomic mass is 9.82. The van der Waals surface area contributed by atoms with Crippen molar-refractivity contribution in [2.75, 3.05) is 0 Å². The molecular formula is C28H24BO2S. The van der Waals surface area contributed by atoms with E-state index in [1.54, 1.807) is 21.3 Å². The van der Waals surface area contributed by atoms with Crippen LogP contribution in [0.1, 0.15) is 27.7 Å². The van der Waals surface area contributed by atoms with Crippen LogP contribution in [0, 0.1) is 0 Å². The Labute approximate surface area is 192 Å². The summed E-state index contributed by atoms with van der Waals surface area (Å²) >= 11 is 1.83. The van der Waals surface area contributed by atoms with Gasteiger partial charge < -0.3 is 9.76 Å². The van der Waals surface area contributed by atoms with E-state index in [0.29, 0.717) is 0 Å². The molecular weight excluding hydrogens is 411 g/mol. The van der Waals surface area contributed by atoms with Crippen LogP contribution in [0.2, 0.25) is 0 Å². The normalized spacial score (nSPS) is 13.3. The Bertz CT molecular complexity index is 1540. The number of rotatable bonds is 4. The molecule has 2 nitrogen and oxygen atoms in total. The summed E-state index contributed by atoms with van der Waals surface area (Å²) in [5, 5.41) is 15.7. The van der Waals surface area contributed by atoms with Crippen molar-refractivity contribution in [2.45, 2.75) is 38.9 Å². The van der Waals surface area contributed by atoms with Gasteiger partial charge in [-0.05, 0) is 72.9 Å². The highest BCUT2D eigenvalue weighted by Crippen LogP contribution is 2.51. The molecule has 1 radical (unpaired) electrons. The van der Waals surface area contributed by atoms with E-state index in [9.17, 15) is 5.11 Å². The van der Waals surface area contributed by atoms with Gasteiger partial charge in [-0.25, -0.2) is 0 Å². The molecule has 0 spiro atoms. The third kappa shape index (κ3) is 2.80. The maximum absolute atomic E-state index is 10.4. The van der Waals surface area contributed by atoms with E-state index in [-0.39, 0.29) is 0 Å². The molecule has 0 amide bonds. The largest absolute Gasteiger partial charge is 0.427 e. The zero-order valence-corrected chi connectivity index (χ0v) is 19.5. The lowest BCUT2D eigenvalue weighted by Crippen LogP contribution is -2.49. The smallest absolute Gasteiger partial charge is 0.330 e. The van der Waals surface area contributed by atoms with Crippen molar-refractivity contribution < 1.29 is 9.76 Å². The molecule has 1 aromatic heterocycles. The third-order valence-corrected chi connectivity index (χ3v) is 8.19. The van der Waals surface area contributed by atoms with Crippen LogP contribution in [-0.2, 0) is 4.65 Å². The molecule has 4 aromatic carbocycles. The second-order valence-corrected chi connectivity index (χ2v) is 10.8. The number of thiophene rings is 1. The maximum Gasteiger partial charge on any atom is 0.330 e. The van der Waals surface area contributed by atoms with Crippen LogP contribution in [0.3, 0.4) is 0 Å². The number of benzene rings is 4. The molecule has 32 heavy (non-hydrogen) atoms. The summed E-state index contributed by atoms with van der Waals surface area (Å²) in [6, 6.07) is 24.3. The van der Waals surface area contributed by atoms with E-state index in [0.717, 1.165) is 5.46 Å². The van der Waals surface area contributed by atoms with Crippen LogP contribution in [0.15, 0.2) is 66.7 Å². The first-order valence-corrected chi connectivity index (χ1v) is 11.8. The van der Waals surface area contributed by atoms with Gasteiger partial charge in [0.1, 0.15) is 0 Å². The molecule has 1 aliphatic rings. The molecule has 0 saturated heterocycles. The fourth-order valence-corrected chi connectivity index (χ4v) is 5.80. The van der Waals surface area contributed by atoms with Gasteiger partial charge in [0.25, 0.3) is 0 Å². The van der Waals surface area contributed by atoms with Crippen LogP contribution in [0.4, 0.5) is 0 Å². The number of aliphatic hydroxyl groups is 1. The Morgan fingerprint density at radius 3 is 2.19 bits per heavy atom. The minimum Gasteiger partial charge on any atom is -0.427 e. The average Bonchev–Trinajstić information content (AvgIpc) is 3.29. The molecule has 5 aromatic rings. The van der Waals surface area contributed by atoms with Crippen LogP contribution >= 0.6 is 11.3 Å². The number of hydrogen-bond acceptors (Lipinski definition) is 3. The lowest BCUT2D eigenvalue weighted by molar-refractivity contribution is -0.0893. The van der Waals surface area contributed by atoms with Gasteiger partial charge in [-0.2, -0.15) is 0 Å². The second-order valence-electron chi connectivity index (χ2n) is 9.73. The van der Waals surface area contributed by atoms with Crippen molar-refractivity contribution in [2.24, 2.45) is 0 Å². The Morgan fingerprint density at radius 2 is 1.44 bits per heavy atom. The van der Waals surface area contributed by atoms with Crippen LogP contribution in [-0.4, -0.2) is 23.8 Å². The SMILES string of the molecule is CC(C)(O)C(C)(C)O[B]c1ccc2c(c1)sc1cc3c4c(cccc4c12)-c1ccccc1-3.